The van der Waals surface area contributed by atoms with Crippen LogP contribution in [0.25, 0.3) is 10.9 Å². The number of hydrogen-bond donors (Lipinski definition) is 2. The van der Waals surface area contributed by atoms with E-state index in [9.17, 15) is 23.1 Å². The minimum Gasteiger partial charge on any atom is -0.492 e. The molecular formula is C27H25N3O6S. The summed E-state index contributed by atoms with van der Waals surface area (Å²) < 4.78 is 32.9. The second-order valence-corrected chi connectivity index (χ2v) is 10.2. The number of carboxylic acid groups (broad SMARTS) is 1. The first-order valence-corrected chi connectivity index (χ1v) is 12.8. The molecule has 0 bridgehead atoms. The molecule has 0 radical (unpaired) electrons. The van der Waals surface area contributed by atoms with Gasteiger partial charge in [-0.2, -0.15) is 0 Å². The zero-order valence-electron chi connectivity index (χ0n) is 20.2. The molecular weight excluding hydrogens is 494 g/mol. The number of fused-ring (bicyclic) bond motifs is 1. The number of benzene rings is 3. The highest BCUT2D eigenvalue weighted by molar-refractivity contribution is 7.92. The molecule has 0 spiro atoms. The van der Waals surface area contributed by atoms with Gasteiger partial charge in [0.05, 0.1) is 28.2 Å². The third-order valence-corrected chi connectivity index (χ3v) is 7.52. The summed E-state index contributed by atoms with van der Waals surface area (Å²) in [5.74, 6) is -1.12. The summed E-state index contributed by atoms with van der Waals surface area (Å²) in [6.45, 7) is 2.04. The van der Waals surface area contributed by atoms with E-state index in [0.29, 0.717) is 17.0 Å². The van der Waals surface area contributed by atoms with Crippen molar-refractivity contribution < 1.29 is 27.9 Å². The molecule has 0 atom stereocenters. The number of ether oxygens (including phenoxy) is 1. The summed E-state index contributed by atoms with van der Waals surface area (Å²) in [4.78, 5) is 28.3. The van der Waals surface area contributed by atoms with Crippen molar-refractivity contribution in [2.24, 2.45) is 0 Å². The van der Waals surface area contributed by atoms with Crippen LogP contribution in [0.3, 0.4) is 0 Å². The lowest BCUT2D eigenvalue weighted by Crippen LogP contribution is -2.29. The van der Waals surface area contributed by atoms with Crippen molar-refractivity contribution in [3.05, 3.63) is 95.7 Å². The van der Waals surface area contributed by atoms with E-state index in [0.717, 1.165) is 15.2 Å². The number of carboxylic acids is 1. The first-order valence-electron chi connectivity index (χ1n) is 11.4. The predicted molar refractivity (Wildman–Crippen MR) is 140 cm³/mol. The van der Waals surface area contributed by atoms with Crippen LogP contribution in [0.2, 0.25) is 0 Å². The van der Waals surface area contributed by atoms with Crippen molar-refractivity contribution in [3.63, 3.8) is 0 Å². The molecule has 1 aromatic heterocycles. The van der Waals surface area contributed by atoms with Crippen LogP contribution < -0.4 is 14.4 Å². The molecule has 0 saturated carbocycles. The van der Waals surface area contributed by atoms with Crippen molar-refractivity contribution in [2.75, 3.05) is 24.5 Å². The van der Waals surface area contributed by atoms with Crippen molar-refractivity contribution in [2.45, 2.75) is 11.8 Å². The van der Waals surface area contributed by atoms with Gasteiger partial charge >= 0.3 is 5.97 Å². The van der Waals surface area contributed by atoms with Gasteiger partial charge in [-0.05, 0) is 55.0 Å². The smallest absolute Gasteiger partial charge is 0.337 e. The Hall–Kier alpha value is -4.44. The molecule has 0 fully saturated rings. The van der Waals surface area contributed by atoms with Gasteiger partial charge in [-0.1, -0.05) is 36.4 Å². The number of rotatable bonds is 9. The summed E-state index contributed by atoms with van der Waals surface area (Å²) in [7, 11) is -2.70. The molecule has 4 rings (SSSR count). The van der Waals surface area contributed by atoms with Crippen LogP contribution in [-0.4, -0.2) is 50.6 Å². The van der Waals surface area contributed by atoms with Crippen molar-refractivity contribution in [1.82, 2.24) is 10.3 Å². The van der Waals surface area contributed by atoms with Crippen LogP contribution in [0.4, 0.5) is 5.69 Å². The lowest BCUT2D eigenvalue weighted by molar-refractivity contribution is 0.0697. The number of carbonyl (C=O) groups is 2. The summed E-state index contributed by atoms with van der Waals surface area (Å²) in [5.41, 5.74) is 1.55. The molecule has 0 aliphatic rings. The lowest BCUT2D eigenvalue weighted by atomic mass is 10.1. The minimum absolute atomic E-state index is 0.0161. The Bertz CT molecular complexity index is 1570. The molecule has 0 aliphatic carbocycles. The van der Waals surface area contributed by atoms with Gasteiger partial charge in [0.15, 0.2) is 0 Å². The number of aryl methyl sites for hydroxylation is 1. The van der Waals surface area contributed by atoms with Gasteiger partial charge in [-0.3, -0.25) is 9.10 Å². The number of sulfonamides is 1. The molecule has 10 heteroatoms. The normalized spacial score (nSPS) is 11.2. The third kappa shape index (κ3) is 5.54. The van der Waals surface area contributed by atoms with Gasteiger partial charge in [0.1, 0.15) is 18.1 Å². The van der Waals surface area contributed by atoms with E-state index in [-0.39, 0.29) is 35.2 Å². The molecule has 3 aromatic carbocycles. The number of hydrogen-bond acceptors (Lipinski definition) is 6. The fourth-order valence-electron chi connectivity index (χ4n) is 3.85. The quantitative estimate of drug-likeness (QED) is 0.322. The van der Waals surface area contributed by atoms with Crippen molar-refractivity contribution in [1.29, 1.82) is 0 Å². The zero-order valence-corrected chi connectivity index (χ0v) is 21.0. The van der Waals surface area contributed by atoms with Crippen LogP contribution in [0, 0.1) is 6.92 Å². The second kappa shape index (κ2) is 10.7. The van der Waals surface area contributed by atoms with Crippen LogP contribution in [0.15, 0.2) is 83.8 Å². The molecule has 0 unspecified atom stereocenters. The lowest BCUT2D eigenvalue weighted by Gasteiger charge is -2.23. The largest absolute Gasteiger partial charge is 0.492 e. The van der Waals surface area contributed by atoms with Gasteiger partial charge in [-0.25, -0.2) is 18.2 Å². The summed E-state index contributed by atoms with van der Waals surface area (Å²) in [6, 6.07) is 21.4. The fourth-order valence-corrected chi connectivity index (χ4v) is 5.13. The Morgan fingerprint density at radius 3 is 2.43 bits per heavy atom. The molecule has 0 aliphatic heterocycles. The number of anilines is 1. The van der Waals surface area contributed by atoms with E-state index in [1.165, 1.54) is 37.4 Å². The van der Waals surface area contributed by atoms with Crippen LogP contribution in [0.5, 0.6) is 5.75 Å². The maximum absolute atomic E-state index is 13.2. The Morgan fingerprint density at radius 1 is 0.973 bits per heavy atom. The van der Waals surface area contributed by atoms with Gasteiger partial charge in [-0.15, -0.1) is 0 Å². The van der Waals surface area contributed by atoms with Gasteiger partial charge in [0.25, 0.3) is 15.9 Å². The molecule has 0 saturated heterocycles. The van der Waals surface area contributed by atoms with E-state index in [1.54, 1.807) is 25.1 Å². The number of aromatic nitrogens is 1. The second-order valence-electron chi connectivity index (χ2n) is 8.21. The molecule has 4 aromatic rings. The maximum atomic E-state index is 13.2. The number of amides is 1. The Balaban J connectivity index is 1.36. The first-order chi connectivity index (χ1) is 17.7. The topological polar surface area (TPSA) is 126 Å². The number of pyridine rings is 1. The highest BCUT2D eigenvalue weighted by Crippen LogP contribution is 2.30. The van der Waals surface area contributed by atoms with E-state index in [4.69, 9.17) is 4.74 Å². The minimum atomic E-state index is -4.02. The van der Waals surface area contributed by atoms with Gasteiger partial charge in [0, 0.05) is 12.4 Å². The SMILES string of the molecule is Cc1cccc(C(=O)O)c1N(C)S(=O)(=O)c1ccc(OCCNC(=O)c2ccc3ccccc3n2)cc1. The molecule has 2 N–H and O–H groups in total. The molecule has 9 nitrogen and oxygen atoms in total. The Labute approximate surface area is 214 Å². The van der Waals surface area contributed by atoms with Crippen molar-refractivity contribution >= 4 is 38.5 Å². The molecule has 1 heterocycles. The van der Waals surface area contributed by atoms with Crippen LogP contribution in [0.1, 0.15) is 26.4 Å². The van der Waals surface area contributed by atoms with E-state index in [1.807, 2.05) is 30.3 Å². The van der Waals surface area contributed by atoms with Gasteiger partial charge < -0.3 is 15.2 Å². The number of para-hydroxylation sites is 2. The summed E-state index contributed by atoms with van der Waals surface area (Å²) in [6.07, 6.45) is 0. The maximum Gasteiger partial charge on any atom is 0.337 e. The standard InChI is InChI=1S/C27H25N3O6S/c1-18-6-5-8-22(27(32)33)25(18)30(2)37(34,35)21-13-11-20(12-14-21)36-17-16-28-26(31)24-15-10-19-7-3-4-9-23(19)29-24/h3-15H,16-17H2,1-2H3,(H,28,31)(H,32,33). The Morgan fingerprint density at radius 2 is 1.70 bits per heavy atom. The molecule has 1 amide bonds. The van der Waals surface area contributed by atoms with E-state index >= 15 is 0 Å². The van der Waals surface area contributed by atoms with Crippen LogP contribution >= 0.6 is 0 Å². The average molecular weight is 520 g/mol. The third-order valence-electron chi connectivity index (χ3n) is 5.75. The van der Waals surface area contributed by atoms with Crippen LogP contribution in [-0.2, 0) is 10.0 Å². The summed E-state index contributed by atoms with van der Waals surface area (Å²) >= 11 is 0. The molecule has 190 valence electrons. The van der Waals surface area contributed by atoms with E-state index in [2.05, 4.69) is 10.3 Å². The zero-order chi connectivity index (χ0) is 26.6. The first kappa shape index (κ1) is 25.6. The Kier molecular flexibility index (Phi) is 7.40. The molecule has 37 heavy (non-hydrogen) atoms. The fraction of sp³-hybridized carbons (Fsp3) is 0.148. The highest BCUT2D eigenvalue weighted by Gasteiger charge is 2.26. The summed E-state index contributed by atoms with van der Waals surface area (Å²) in [5, 5.41) is 13.2. The highest BCUT2D eigenvalue weighted by atomic mass is 32.2. The number of nitrogens with one attached hydrogen (secondary N) is 1. The predicted octanol–water partition coefficient (Wildman–Crippen LogP) is 3.88. The number of nitrogens with zero attached hydrogens (tertiary/aromatic N) is 2. The number of carbonyl (C=O) groups excluding carboxylic acids is 1. The monoisotopic (exact) mass is 519 g/mol. The van der Waals surface area contributed by atoms with Gasteiger partial charge in [0.2, 0.25) is 0 Å². The average Bonchev–Trinajstić information content (AvgIpc) is 2.90. The number of aromatic carboxylic acids is 1. The van der Waals surface area contributed by atoms with E-state index < -0.39 is 16.0 Å². The van der Waals surface area contributed by atoms with Crippen molar-refractivity contribution in [3.8, 4) is 5.75 Å².